The lowest BCUT2D eigenvalue weighted by Gasteiger charge is -2.09. The molecule has 174 valence electrons. The molecule has 2 N–H and O–H groups in total. The van der Waals surface area contributed by atoms with E-state index in [1.54, 1.807) is 0 Å². The second-order valence-corrected chi connectivity index (χ2v) is 8.84. The number of phosphoric acid groups is 1. The molecule has 3 unspecified atom stereocenters. The van der Waals surface area contributed by atoms with Gasteiger partial charge in [-0.2, -0.15) is 0 Å². The topological polar surface area (TPSA) is 112 Å². The van der Waals surface area contributed by atoms with E-state index < -0.39 is 13.9 Å². The Morgan fingerprint density at radius 1 is 1.17 bits per heavy atom. The summed E-state index contributed by atoms with van der Waals surface area (Å²) >= 11 is 0. The van der Waals surface area contributed by atoms with Gasteiger partial charge < -0.3 is 9.63 Å². The van der Waals surface area contributed by atoms with Crippen LogP contribution in [0.3, 0.4) is 0 Å². The van der Waals surface area contributed by atoms with Crippen LogP contribution >= 0.6 is 7.82 Å². The van der Waals surface area contributed by atoms with E-state index in [-0.39, 0.29) is 25.3 Å². The van der Waals surface area contributed by atoms with Crippen LogP contribution in [-0.4, -0.2) is 41.5 Å². The van der Waals surface area contributed by atoms with Gasteiger partial charge in [-0.1, -0.05) is 69.8 Å². The van der Waals surface area contributed by atoms with Gasteiger partial charge in [0.2, 0.25) is 0 Å². The van der Waals surface area contributed by atoms with E-state index in [1.807, 2.05) is 18.2 Å². The molecule has 1 saturated heterocycles. The summed E-state index contributed by atoms with van der Waals surface area (Å²) in [6.45, 7) is 2.06. The highest BCUT2D eigenvalue weighted by molar-refractivity contribution is 7.47. The molecule has 0 aromatic heterocycles. The fourth-order valence-electron chi connectivity index (χ4n) is 2.97. The van der Waals surface area contributed by atoms with Crippen molar-refractivity contribution in [2.75, 3.05) is 13.2 Å². The van der Waals surface area contributed by atoms with Gasteiger partial charge in [-0.05, 0) is 25.7 Å². The third-order valence-corrected chi connectivity index (χ3v) is 5.73. The Labute approximate surface area is 179 Å². The lowest BCUT2D eigenvalue weighted by atomic mass is 10.1. The highest BCUT2D eigenvalue weighted by Gasteiger charge is 2.35. The summed E-state index contributed by atoms with van der Waals surface area (Å²) in [6, 6.07) is 0. The highest BCUT2D eigenvalue weighted by Crippen LogP contribution is 2.49. The van der Waals surface area contributed by atoms with Crippen molar-refractivity contribution >= 4 is 13.8 Å². The van der Waals surface area contributed by atoms with E-state index in [0.717, 1.165) is 44.9 Å². The number of esters is 1. The molecule has 8 nitrogen and oxygen atoms in total. The fraction of sp³-hybridized carbons (Fsp3) is 0.762. The molecule has 1 heterocycles. The highest BCUT2D eigenvalue weighted by atomic mass is 31.2. The van der Waals surface area contributed by atoms with Crippen LogP contribution in [0.25, 0.3) is 0 Å². The molecule has 0 amide bonds. The molecule has 0 aromatic rings. The molecule has 1 rings (SSSR count). The monoisotopic (exact) mass is 448 g/mol. The van der Waals surface area contributed by atoms with Gasteiger partial charge in [0.15, 0.2) is 0 Å². The predicted molar refractivity (Wildman–Crippen MR) is 114 cm³/mol. The van der Waals surface area contributed by atoms with E-state index in [9.17, 15) is 9.36 Å². The molecule has 0 aliphatic carbocycles. The number of ether oxygens (including phenoxy) is 1. The van der Waals surface area contributed by atoms with E-state index in [2.05, 4.69) is 22.4 Å². The maximum atomic E-state index is 11.7. The van der Waals surface area contributed by atoms with E-state index in [4.69, 9.17) is 19.4 Å². The Morgan fingerprint density at radius 3 is 2.63 bits per heavy atom. The number of carbonyl (C=O) groups is 1. The zero-order valence-corrected chi connectivity index (χ0v) is 18.8. The molecule has 30 heavy (non-hydrogen) atoms. The second-order valence-electron chi connectivity index (χ2n) is 7.43. The van der Waals surface area contributed by atoms with Crippen LogP contribution in [0.15, 0.2) is 24.3 Å². The van der Waals surface area contributed by atoms with Gasteiger partial charge in [0, 0.05) is 6.42 Å². The number of carbonyl (C=O) groups excluding carboxylic acids is 1. The largest absolute Gasteiger partial charge is 0.472 e. The Bertz CT molecular complexity index is 563. The Balaban J connectivity index is 1.98. The third-order valence-electron chi connectivity index (χ3n) is 4.69. The van der Waals surface area contributed by atoms with Gasteiger partial charge in [0.05, 0.1) is 6.61 Å². The molecule has 9 heteroatoms. The predicted octanol–water partition coefficient (Wildman–Crippen LogP) is 5.33. The summed E-state index contributed by atoms with van der Waals surface area (Å²) in [5.41, 5.74) is 0. The Kier molecular flexibility index (Phi) is 15.0. The van der Waals surface area contributed by atoms with Crippen molar-refractivity contribution in [2.45, 2.75) is 89.8 Å². The minimum Gasteiger partial charge on any atom is -0.463 e. The standard InChI is InChI=1S/C21H37O8P/c1-2-3-4-5-6-8-11-14-19(28-23)15-12-9-7-10-13-16-21(22)26-17-20-18-27-30(24,25)29-20/h6,8,11,14,19-20,23H,2-5,7,9-10,12-13,15-18H2,1H3,(H,24,25)/b8-6-,14-11+. The first-order chi connectivity index (χ1) is 14.5. The van der Waals surface area contributed by atoms with Crippen LogP contribution in [0.1, 0.15) is 77.6 Å². The van der Waals surface area contributed by atoms with Crippen LogP contribution < -0.4 is 0 Å². The van der Waals surface area contributed by atoms with Crippen LogP contribution in [0.4, 0.5) is 0 Å². The van der Waals surface area contributed by atoms with Crippen molar-refractivity contribution in [3.8, 4) is 0 Å². The van der Waals surface area contributed by atoms with E-state index in [1.165, 1.54) is 19.3 Å². The third kappa shape index (κ3) is 14.1. The van der Waals surface area contributed by atoms with Crippen molar-refractivity contribution in [3.05, 3.63) is 24.3 Å². The van der Waals surface area contributed by atoms with E-state index in [0.29, 0.717) is 6.42 Å². The minimum absolute atomic E-state index is 0.0515. The quantitative estimate of drug-likeness (QED) is 0.0767. The molecular weight excluding hydrogens is 411 g/mol. The lowest BCUT2D eigenvalue weighted by molar-refractivity contribution is -0.267. The van der Waals surface area contributed by atoms with Gasteiger partial charge in [-0.15, -0.1) is 0 Å². The maximum absolute atomic E-state index is 11.7. The van der Waals surface area contributed by atoms with Crippen molar-refractivity contribution in [2.24, 2.45) is 0 Å². The van der Waals surface area contributed by atoms with Crippen LogP contribution in [0.2, 0.25) is 0 Å². The number of unbranched alkanes of at least 4 members (excludes halogenated alkanes) is 7. The first-order valence-corrected chi connectivity index (χ1v) is 12.4. The molecular formula is C21H37O8P. The first-order valence-electron chi connectivity index (χ1n) is 10.9. The second kappa shape index (κ2) is 16.6. The van der Waals surface area contributed by atoms with Crippen molar-refractivity contribution in [1.29, 1.82) is 0 Å². The molecule has 0 bridgehead atoms. The summed E-state index contributed by atoms with van der Waals surface area (Å²) in [5.74, 6) is -0.347. The number of hydrogen-bond acceptors (Lipinski definition) is 7. The van der Waals surface area contributed by atoms with Crippen LogP contribution in [0, 0.1) is 0 Å². The Hall–Kier alpha value is -1.02. The Morgan fingerprint density at radius 2 is 1.93 bits per heavy atom. The average molecular weight is 448 g/mol. The number of rotatable bonds is 17. The zero-order valence-electron chi connectivity index (χ0n) is 17.9. The smallest absolute Gasteiger partial charge is 0.463 e. The summed E-state index contributed by atoms with van der Waals surface area (Å²) in [4.78, 5) is 25.2. The normalized spacial score (nSPS) is 22.8. The SMILES string of the molecule is CCCCC/C=C\C=C\C(CCCCCCCC(=O)OCC1COP(=O)(O)O1)OO. The average Bonchev–Trinajstić information content (AvgIpc) is 3.08. The van der Waals surface area contributed by atoms with E-state index >= 15 is 0 Å². The van der Waals surface area contributed by atoms with Crippen LogP contribution in [0.5, 0.6) is 0 Å². The van der Waals surface area contributed by atoms with Crippen molar-refractivity contribution in [1.82, 2.24) is 0 Å². The first kappa shape index (κ1) is 27.0. The van der Waals surface area contributed by atoms with Gasteiger partial charge >= 0.3 is 13.8 Å². The van der Waals surface area contributed by atoms with Gasteiger partial charge in [0.1, 0.15) is 18.8 Å². The summed E-state index contributed by atoms with van der Waals surface area (Å²) in [6.07, 6.45) is 17.3. The fourth-order valence-corrected chi connectivity index (χ4v) is 3.88. The number of phosphoric ester groups is 1. The molecule has 0 spiro atoms. The maximum Gasteiger partial charge on any atom is 0.472 e. The van der Waals surface area contributed by atoms with Gasteiger partial charge in [-0.25, -0.2) is 9.45 Å². The molecule has 0 radical (unpaired) electrons. The molecule has 1 aliphatic heterocycles. The minimum atomic E-state index is -3.94. The lowest BCUT2D eigenvalue weighted by Crippen LogP contribution is -2.20. The molecule has 3 atom stereocenters. The molecule has 1 fully saturated rings. The molecule has 1 aliphatic rings. The van der Waals surface area contributed by atoms with Gasteiger partial charge in [-0.3, -0.25) is 19.1 Å². The molecule has 0 saturated carbocycles. The summed E-state index contributed by atoms with van der Waals surface area (Å²) in [5, 5.41) is 8.99. The number of hydrogen-bond donors (Lipinski definition) is 2. The summed E-state index contributed by atoms with van der Waals surface area (Å²) < 4.78 is 25.4. The van der Waals surface area contributed by atoms with Gasteiger partial charge in [0.25, 0.3) is 0 Å². The number of allylic oxidation sites excluding steroid dienone is 3. The van der Waals surface area contributed by atoms with Crippen LogP contribution in [-0.2, 0) is 28.0 Å². The van der Waals surface area contributed by atoms with Crippen molar-refractivity contribution in [3.63, 3.8) is 0 Å². The molecule has 0 aromatic carbocycles. The zero-order chi connectivity index (χ0) is 22.1. The summed E-state index contributed by atoms with van der Waals surface area (Å²) in [7, 11) is -3.94. The van der Waals surface area contributed by atoms with Crippen molar-refractivity contribution < 1.29 is 38.2 Å².